The molecule has 2 atom stereocenters. The Morgan fingerprint density at radius 3 is 2.79 bits per heavy atom. The van der Waals surface area contributed by atoms with Crippen molar-refractivity contribution in [2.75, 3.05) is 31.6 Å². The molecule has 1 aliphatic heterocycles. The van der Waals surface area contributed by atoms with Gasteiger partial charge in [0, 0.05) is 29.4 Å². The van der Waals surface area contributed by atoms with Gasteiger partial charge in [0.15, 0.2) is 5.96 Å². The Hall–Kier alpha value is -2.15. The number of halogens is 2. The van der Waals surface area contributed by atoms with E-state index in [1.54, 1.807) is 12.1 Å². The first-order chi connectivity index (χ1) is 13.4. The number of rotatable bonds is 5. The van der Waals surface area contributed by atoms with E-state index in [1.165, 1.54) is 6.07 Å². The topological polar surface area (TPSA) is 62.9 Å². The summed E-state index contributed by atoms with van der Waals surface area (Å²) in [5.41, 5.74) is 8.54. The van der Waals surface area contributed by atoms with Crippen molar-refractivity contribution in [2.45, 2.75) is 26.0 Å². The third kappa shape index (κ3) is 5.22. The van der Waals surface area contributed by atoms with Gasteiger partial charge in [0.1, 0.15) is 5.82 Å². The van der Waals surface area contributed by atoms with Crippen LogP contribution in [0.15, 0.2) is 47.5 Å². The molecule has 1 heterocycles. The number of benzene rings is 2. The Morgan fingerprint density at radius 1 is 1.36 bits per heavy atom. The Bertz CT molecular complexity index is 807. The fourth-order valence-corrected chi connectivity index (χ4v) is 3.64. The predicted molar refractivity (Wildman–Crippen MR) is 112 cm³/mol. The smallest absolute Gasteiger partial charge is 0.193 e. The number of hydrogen-bond acceptors (Lipinski definition) is 3. The van der Waals surface area contributed by atoms with Gasteiger partial charge in [0.25, 0.3) is 0 Å². The summed E-state index contributed by atoms with van der Waals surface area (Å²) in [5.74, 6) is -0.0560. The standard InChI is InChI=1S/C21H26ClFN4O/c1-14-6-8-16(9-7-14)26-21(24)25-12-19(27-10-11-28-15(2)13-27)20-17(22)4-3-5-18(20)23/h3-9,15,19H,10-13H2,1-2H3,(H3,24,25,26). The van der Waals surface area contributed by atoms with E-state index in [1.807, 2.05) is 38.1 Å². The maximum Gasteiger partial charge on any atom is 0.193 e. The summed E-state index contributed by atoms with van der Waals surface area (Å²) in [4.78, 5) is 6.63. The molecular formula is C21H26ClFN4O. The van der Waals surface area contributed by atoms with E-state index in [2.05, 4.69) is 15.2 Å². The molecule has 0 amide bonds. The second-order valence-electron chi connectivity index (χ2n) is 7.04. The van der Waals surface area contributed by atoms with Crippen LogP contribution in [-0.4, -0.2) is 43.2 Å². The number of nitrogens with two attached hydrogens (primary N) is 1. The monoisotopic (exact) mass is 404 g/mol. The van der Waals surface area contributed by atoms with E-state index < -0.39 is 0 Å². The quantitative estimate of drug-likeness (QED) is 0.584. The summed E-state index contributed by atoms with van der Waals surface area (Å²) >= 11 is 6.35. The number of nitrogens with one attached hydrogen (secondary N) is 1. The number of morpholine rings is 1. The molecule has 3 N–H and O–H groups in total. The van der Waals surface area contributed by atoms with E-state index in [9.17, 15) is 4.39 Å². The number of guanidine groups is 1. The van der Waals surface area contributed by atoms with E-state index in [0.29, 0.717) is 30.3 Å². The van der Waals surface area contributed by atoms with Crippen molar-refractivity contribution >= 4 is 23.2 Å². The zero-order chi connectivity index (χ0) is 20.1. The highest BCUT2D eigenvalue weighted by molar-refractivity contribution is 6.31. The molecule has 2 aromatic rings. The van der Waals surface area contributed by atoms with E-state index in [4.69, 9.17) is 22.1 Å². The minimum absolute atomic E-state index is 0.0637. The molecule has 3 rings (SSSR count). The van der Waals surface area contributed by atoms with E-state index >= 15 is 0 Å². The highest BCUT2D eigenvalue weighted by Gasteiger charge is 2.29. The van der Waals surface area contributed by atoms with Gasteiger partial charge in [-0.1, -0.05) is 35.4 Å². The first-order valence-electron chi connectivity index (χ1n) is 9.37. The number of hydrogen-bond donors (Lipinski definition) is 2. The van der Waals surface area contributed by atoms with Gasteiger partial charge in [0.05, 0.1) is 25.3 Å². The minimum atomic E-state index is -0.336. The molecule has 0 bridgehead atoms. The zero-order valence-electron chi connectivity index (χ0n) is 16.2. The molecule has 0 spiro atoms. The second-order valence-corrected chi connectivity index (χ2v) is 7.45. The van der Waals surface area contributed by atoms with Gasteiger partial charge in [-0.15, -0.1) is 0 Å². The van der Waals surface area contributed by atoms with Crippen LogP contribution in [0.3, 0.4) is 0 Å². The zero-order valence-corrected chi connectivity index (χ0v) is 16.9. The highest BCUT2D eigenvalue weighted by atomic mass is 35.5. The molecular weight excluding hydrogens is 379 g/mol. The summed E-state index contributed by atoms with van der Waals surface area (Å²) in [6.07, 6.45) is 0.0637. The number of anilines is 1. The van der Waals surface area contributed by atoms with Crippen LogP contribution in [-0.2, 0) is 4.74 Å². The van der Waals surface area contributed by atoms with Crippen LogP contribution in [0, 0.1) is 12.7 Å². The summed E-state index contributed by atoms with van der Waals surface area (Å²) in [6, 6.07) is 12.3. The molecule has 2 aromatic carbocycles. The molecule has 2 unspecified atom stereocenters. The lowest BCUT2D eigenvalue weighted by Crippen LogP contribution is -2.44. The fraction of sp³-hybridized carbons (Fsp3) is 0.381. The van der Waals surface area contributed by atoms with Gasteiger partial charge in [-0.2, -0.15) is 0 Å². The maximum absolute atomic E-state index is 14.6. The normalized spacial score (nSPS) is 19.4. The summed E-state index contributed by atoms with van der Waals surface area (Å²) < 4.78 is 20.3. The molecule has 0 aromatic heterocycles. The molecule has 150 valence electrons. The molecule has 0 saturated carbocycles. The van der Waals surface area contributed by atoms with Gasteiger partial charge in [-0.25, -0.2) is 4.39 Å². The van der Waals surface area contributed by atoms with Crippen LogP contribution < -0.4 is 11.1 Å². The summed E-state index contributed by atoms with van der Waals surface area (Å²) in [5, 5.41) is 3.47. The Kier molecular flexibility index (Phi) is 6.88. The SMILES string of the molecule is Cc1ccc(NC(N)=NCC(c2c(F)cccc2Cl)N2CCOC(C)C2)cc1. The van der Waals surface area contributed by atoms with Gasteiger partial charge in [-0.05, 0) is 38.1 Å². The van der Waals surface area contributed by atoms with Crippen LogP contribution in [0.25, 0.3) is 0 Å². The molecule has 1 fully saturated rings. The Labute approximate surface area is 170 Å². The van der Waals surface area contributed by atoms with Crippen molar-refractivity contribution in [2.24, 2.45) is 10.7 Å². The Morgan fingerprint density at radius 2 is 2.11 bits per heavy atom. The van der Waals surface area contributed by atoms with Gasteiger partial charge in [-0.3, -0.25) is 9.89 Å². The van der Waals surface area contributed by atoms with Gasteiger partial charge >= 0.3 is 0 Å². The lowest BCUT2D eigenvalue weighted by Gasteiger charge is -2.37. The van der Waals surface area contributed by atoms with Crippen LogP contribution in [0.4, 0.5) is 10.1 Å². The number of aryl methyl sites for hydroxylation is 1. The predicted octanol–water partition coefficient (Wildman–Crippen LogP) is 3.98. The molecule has 28 heavy (non-hydrogen) atoms. The number of aliphatic imine (C=N–C) groups is 1. The summed E-state index contributed by atoms with van der Waals surface area (Å²) in [6.45, 7) is 6.26. The van der Waals surface area contributed by atoms with Crippen molar-refractivity contribution in [3.63, 3.8) is 0 Å². The summed E-state index contributed by atoms with van der Waals surface area (Å²) in [7, 11) is 0. The van der Waals surface area contributed by atoms with Crippen molar-refractivity contribution in [3.8, 4) is 0 Å². The van der Waals surface area contributed by atoms with Crippen molar-refractivity contribution < 1.29 is 9.13 Å². The molecule has 1 aliphatic rings. The molecule has 0 aliphatic carbocycles. The third-order valence-electron chi connectivity index (χ3n) is 4.80. The molecule has 1 saturated heterocycles. The van der Waals surface area contributed by atoms with E-state index in [-0.39, 0.29) is 30.5 Å². The second kappa shape index (κ2) is 9.37. The van der Waals surface area contributed by atoms with Crippen molar-refractivity contribution in [3.05, 3.63) is 64.4 Å². The lowest BCUT2D eigenvalue weighted by molar-refractivity contribution is -0.0336. The average Bonchev–Trinajstić information content (AvgIpc) is 2.66. The first-order valence-corrected chi connectivity index (χ1v) is 9.75. The van der Waals surface area contributed by atoms with Crippen LogP contribution in [0.5, 0.6) is 0 Å². The van der Waals surface area contributed by atoms with Crippen molar-refractivity contribution in [1.82, 2.24) is 4.90 Å². The maximum atomic E-state index is 14.6. The van der Waals surface area contributed by atoms with E-state index in [0.717, 1.165) is 11.3 Å². The highest BCUT2D eigenvalue weighted by Crippen LogP contribution is 2.31. The Balaban J connectivity index is 1.81. The number of nitrogens with zero attached hydrogens (tertiary/aromatic N) is 2. The molecule has 7 heteroatoms. The van der Waals surface area contributed by atoms with Gasteiger partial charge < -0.3 is 15.8 Å². The minimum Gasteiger partial charge on any atom is -0.376 e. The third-order valence-corrected chi connectivity index (χ3v) is 5.13. The first kappa shape index (κ1) is 20.6. The largest absolute Gasteiger partial charge is 0.376 e. The van der Waals surface area contributed by atoms with Crippen LogP contribution in [0.2, 0.25) is 5.02 Å². The van der Waals surface area contributed by atoms with Crippen molar-refractivity contribution in [1.29, 1.82) is 0 Å². The fourth-order valence-electron chi connectivity index (χ4n) is 3.36. The molecule has 5 nitrogen and oxygen atoms in total. The van der Waals surface area contributed by atoms with Crippen LogP contribution in [0.1, 0.15) is 24.1 Å². The average molecular weight is 405 g/mol. The van der Waals surface area contributed by atoms with Crippen LogP contribution >= 0.6 is 11.6 Å². The number of ether oxygens (including phenoxy) is 1. The lowest BCUT2D eigenvalue weighted by atomic mass is 10.0. The van der Waals surface area contributed by atoms with Gasteiger partial charge in [0.2, 0.25) is 0 Å². The molecule has 0 radical (unpaired) electrons.